The van der Waals surface area contributed by atoms with E-state index in [9.17, 15) is 4.79 Å². The van der Waals surface area contributed by atoms with E-state index >= 15 is 0 Å². The highest BCUT2D eigenvalue weighted by Gasteiger charge is 2.20. The summed E-state index contributed by atoms with van der Waals surface area (Å²) in [7, 11) is 0. The van der Waals surface area contributed by atoms with Crippen LogP contribution in [0.2, 0.25) is 5.02 Å². The summed E-state index contributed by atoms with van der Waals surface area (Å²) in [4.78, 5) is 16.5. The van der Waals surface area contributed by atoms with E-state index in [1.165, 1.54) is 6.26 Å². The second-order valence-electron chi connectivity index (χ2n) is 5.97. The molecule has 1 fully saturated rings. The minimum absolute atomic E-state index is 0. The standard InChI is InChI=1S/C17H20ClN3O2.ClH/c1-11-8-14(6-7-19-11)20-16(22)9-15-10-23-17(21-15)12-2-4-13(18)5-3-12;/h2-5,10-11,14,19H,6-9H2,1H3,(H,20,22);1H. The van der Waals surface area contributed by atoms with E-state index in [4.69, 9.17) is 16.0 Å². The third-order valence-corrected chi connectivity index (χ3v) is 4.23. The number of halogens is 2. The zero-order valence-corrected chi connectivity index (χ0v) is 15.0. The molecule has 1 aliphatic heterocycles. The van der Waals surface area contributed by atoms with Crippen LogP contribution < -0.4 is 10.6 Å². The summed E-state index contributed by atoms with van der Waals surface area (Å²) in [5, 5.41) is 7.11. The number of piperidine rings is 1. The van der Waals surface area contributed by atoms with Crippen molar-refractivity contribution in [2.24, 2.45) is 0 Å². The molecule has 2 unspecified atom stereocenters. The molecule has 24 heavy (non-hydrogen) atoms. The summed E-state index contributed by atoms with van der Waals surface area (Å²) in [6.07, 6.45) is 3.69. The topological polar surface area (TPSA) is 67.2 Å². The van der Waals surface area contributed by atoms with Gasteiger partial charge in [-0.1, -0.05) is 11.6 Å². The van der Waals surface area contributed by atoms with Crippen molar-refractivity contribution >= 4 is 29.9 Å². The van der Waals surface area contributed by atoms with Crippen molar-refractivity contribution in [3.8, 4) is 11.5 Å². The first kappa shape index (κ1) is 18.8. The molecule has 5 nitrogen and oxygen atoms in total. The van der Waals surface area contributed by atoms with Gasteiger partial charge in [0, 0.05) is 22.7 Å². The van der Waals surface area contributed by atoms with Gasteiger partial charge in [-0.05, 0) is 50.6 Å². The molecule has 130 valence electrons. The number of aromatic nitrogens is 1. The normalized spacial score (nSPS) is 20.2. The quantitative estimate of drug-likeness (QED) is 0.867. The van der Waals surface area contributed by atoms with Crippen molar-refractivity contribution in [3.63, 3.8) is 0 Å². The third-order valence-electron chi connectivity index (χ3n) is 3.97. The number of benzene rings is 1. The van der Waals surface area contributed by atoms with Gasteiger partial charge < -0.3 is 15.1 Å². The van der Waals surface area contributed by atoms with Crippen LogP contribution in [0, 0.1) is 0 Å². The van der Waals surface area contributed by atoms with Crippen LogP contribution in [0.4, 0.5) is 0 Å². The van der Waals surface area contributed by atoms with Crippen molar-refractivity contribution < 1.29 is 9.21 Å². The summed E-state index contributed by atoms with van der Waals surface area (Å²) >= 11 is 5.87. The Morgan fingerprint density at radius 1 is 1.42 bits per heavy atom. The minimum atomic E-state index is -0.0138. The van der Waals surface area contributed by atoms with Gasteiger partial charge in [0.2, 0.25) is 11.8 Å². The van der Waals surface area contributed by atoms with Gasteiger partial charge in [-0.2, -0.15) is 0 Å². The van der Waals surface area contributed by atoms with Crippen LogP contribution in [0.1, 0.15) is 25.5 Å². The van der Waals surface area contributed by atoms with Gasteiger partial charge in [0.15, 0.2) is 0 Å². The Morgan fingerprint density at radius 2 is 2.17 bits per heavy atom. The first-order valence-electron chi connectivity index (χ1n) is 7.83. The molecule has 0 radical (unpaired) electrons. The molecule has 1 saturated heterocycles. The highest BCUT2D eigenvalue weighted by atomic mass is 35.5. The molecule has 0 spiro atoms. The Labute approximate surface area is 152 Å². The SMILES string of the molecule is CC1CC(NC(=O)Cc2coc(-c3ccc(Cl)cc3)n2)CCN1.Cl. The Balaban J connectivity index is 0.00000208. The Bertz CT molecular complexity index is 673. The van der Waals surface area contributed by atoms with Gasteiger partial charge >= 0.3 is 0 Å². The zero-order chi connectivity index (χ0) is 16.2. The van der Waals surface area contributed by atoms with E-state index < -0.39 is 0 Å². The van der Waals surface area contributed by atoms with Crippen molar-refractivity contribution in [3.05, 3.63) is 41.2 Å². The predicted molar refractivity (Wildman–Crippen MR) is 96.5 cm³/mol. The van der Waals surface area contributed by atoms with Crippen molar-refractivity contribution in [1.29, 1.82) is 0 Å². The summed E-state index contributed by atoms with van der Waals surface area (Å²) in [5.74, 6) is 0.486. The smallest absolute Gasteiger partial charge is 0.226 e. The largest absolute Gasteiger partial charge is 0.444 e. The highest BCUT2D eigenvalue weighted by molar-refractivity contribution is 6.30. The first-order valence-corrected chi connectivity index (χ1v) is 8.21. The Morgan fingerprint density at radius 3 is 2.88 bits per heavy atom. The lowest BCUT2D eigenvalue weighted by molar-refractivity contribution is -0.121. The van der Waals surface area contributed by atoms with Crippen LogP contribution >= 0.6 is 24.0 Å². The maximum Gasteiger partial charge on any atom is 0.226 e. The number of carbonyl (C=O) groups is 1. The number of hydrogen-bond acceptors (Lipinski definition) is 4. The monoisotopic (exact) mass is 369 g/mol. The van der Waals surface area contributed by atoms with E-state index in [0.29, 0.717) is 22.6 Å². The van der Waals surface area contributed by atoms with Gasteiger partial charge in [-0.25, -0.2) is 4.98 Å². The van der Waals surface area contributed by atoms with Crippen LogP contribution in [0.5, 0.6) is 0 Å². The number of oxazole rings is 1. The highest BCUT2D eigenvalue weighted by Crippen LogP contribution is 2.21. The molecule has 2 aromatic rings. The van der Waals surface area contributed by atoms with E-state index in [0.717, 1.165) is 24.9 Å². The van der Waals surface area contributed by atoms with Gasteiger partial charge in [-0.3, -0.25) is 4.79 Å². The average molecular weight is 370 g/mol. The molecule has 1 amide bonds. The van der Waals surface area contributed by atoms with E-state index in [1.54, 1.807) is 12.1 Å². The fourth-order valence-corrected chi connectivity index (χ4v) is 2.95. The molecule has 2 atom stereocenters. The number of nitrogens with zero attached hydrogens (tertiary/aromatic N) is 1. The molecule has 1 aromatic carbocycles. The fourth-order valence-electron chi connectivity index (χ4n) is 2.82. The zero-order valence-electron chi connectivity index (χ0n) is 13.4. The number of nitrogens with one attached hydrogen (secondary N) is 2. The lowest BCUT2D eigenvalue weighted by atomic mass is 10.0. The van der Waals surface area contributed by atoms with Gasteiger partial charge in [0.1, 0.15) is 6.26 Å². The fraction of sp³-hybridized carbons (Fsp3) is 0.412. The third kappa shape index (κ3) is 4.97. The van der Waals surface area contributed by atoms with Crippen molar-refractivity contribution in [1.82, 2.24) is 15.6 Å². The maximum absolute atomic E-state index is 12.1. The van der Waals surface area contributed by atoms with Gasteiger partial charge in [0.05, 0.1) is 12.1 Å². The molecule has 7 heteroatoms. The molecule has 0 bridgehead atoms. The Hall–Kier alpha value is -1.56. The minimum Gasteiger partial charge on any atom is -0.444 e. The summed E-state index contributed by atoms with van der Waals surface area (Å²) < 4.78 is 5.45. The summed E-state index contributed by atoms with van der Waals surface area (Å²) in [6.45, 7) is 3.07. The Kier molecular flexibility index (Phi) is 6.66. The van der Waals surface area contributed by atoms with E-state index in [-0.39, 0.29) is 30.8 Å². The molecule has 2 heterocycles. The molecular weight excluding hydrogens is 349 g/mol. The molecular formula is C17H21Cl2N3O2. The van der Waals surface area contributed by atoms with Gasteiger partial charge in [0.25, 0.3) is 0 Å². The van der Waals surface area contributed by atoms with Crippen LogP contribution in [-0.2, 0) is 11.2 Å². The average Bonchev–Trinajstić information content (AvgIpc) is 2.96. The second-order valence-corrected chi connectivity index (χ2v) is 6.41. The van der Waals surface area contributed by atoms with Crippen LogP contribution in [0.25, 0.3) is 11.5 Å². The maximum atomic E-state index is 12.1. The number of hydrogen-bond donors (Lipinski definition) is 2. The predicted octanol–water partition coefficient (Wildman–Crippen LogP) is 3.22. The first-order chi connectivity index (χ1) is 11.1. The summed E-state index contributed by atoms with van der Waals surface area (Å²) in [5.41, 5.74) is 1.47. The van der Waals surface area contributed by atoms with Crippen LogP contribution in [-0.4, -0.2) is 29.5 Å². The number of rotatable bonds is 4. The number of carbonyl (C=O) groups excluding carboxylic acids is 1. The molecule has 0 saturated carbocycles. The summed E-state index contributed by atoms with van der Waals surface area (Å²) in [6, 6.07) is 7.93. The van der Waals surface area contributed by atoms with E-state index in [2.05, 4.69) is 22.5 Å². The molecule has 0 aliphatic carbocycles. The molecule has 1 aliphatic rings. The van der Waals surface area contributed by atoms with E-state index in [1.807, 2.05) is 12.1 Å². The number of amides is 1. The van der Waals surface area contributed by atoms with Crippen LogP contribution in [0.15, 0.2) is 34.9 Å². The molecule has 1 aromatic heterocycles. The molecule has 3 rings (SSSR count). The van der Waals surface area contributed by atoms with Crippen LogP contribution in [0.3, 0.4) is 0 Å². The molecule has 2 N–H and O–H groups in total. The van der Waals surface area contributed by atoms with Gasteiger partial charge in [-0.15, -0.1) is 12.4 Å². The van der Waals surface area contributed by atoms with Crippen molar-refractivity contribution in [2.45, 2.75) is 38.3 Å². The lowest BCUT2D eigenvalue weighted by Crippen LogP contribution is -2.46. The second kappa shape index (κ2) is 8.51. The lowest BCUT2D eigenvalue weighted by Gasteiger charge is -2.28. The van der Waals surface area contributed by atoms with Crippen molar-refractivity contribution in [2.75, 3.05) is 6.54 Å².